The summed E-state index contributed by atoms with van der Waals surface area (Å²) in [6, 6.07) is 14.0. The number of ether oxygens (including phenoxy) is 1. The summed E-state index contributed by atoms with van der Waals surface area (Å²) >= 11 is 5.40. The molecular weight excluding hydrogens is 305 g/mol. The van der Waals surface area contributed by atoms with Crippen molar-refractivity contribution < 1.29 is 13.9 Å². The summed E-state index contributed by atoms with van der Waals surface area (Å²) < 4.78 is 19.8. The number of nitrogens with zero attached hydrogens (tertiary/aromatic N) is 1. The molecule has 0 amide bonds. The molecule has 2 aromatic carbocycles. The van der Waals surface area contributed by atoms with Crippen molar-refractivity contribution in [1.82, 2.24) is 4.98 Å². The summed E-state index contributed by atoms with van der Waals surface area (Å²) in [5.74, 6) is -0.259. The highest BCUT2D eigenvalue weighted by atomic mass is 35.5. The smallest absolute Gasteiger partial charge is 0.255 e. The van der Waals surface area contributed by atoms with E-state index in [4.69, 9.17) is 16.3 Å². The predicted molar refractivity (Wildman–Crippen MR) is 83.9 cm³/mol. The first-order valence-corrected chi connectivity index (χ1v) is 6.92. The monoisotopic (exact) mass is 315 g/mol. The summed E-state index contributed by atoms with van der Waals surface area (Å²) in [5, 5.41) is -0.369. The highest BCUT2D eigenvalue weighted by Gasteiger charge is 2.17. The maximum absolute atomic E-state index is 14.5. The SMILES string of the molecule is COc1cc(-c2ccccc2)nc2c(F)c(C(=O)Cl)ccc12. The molecule has 0 radical (unpaired) electrons. The molecule has 5 heteroatoms. The molecule has 3 aromatic rings. The Kier molecular flexibility index (Phi) is 3.77. The zero-order valence-electron chi connectivity index (χ0n) is 11.6. The highest BCUT2D eigenvalue weighted by molar-refractivity contribution is 6.67. The Morgan fingerprint density at radius 3 is 2.55 bits per heavy atom. The molecule has 0 saturated heterocycles. The second-order valence-electron chi connectivity index (χ2n) is 4.67. The van der Waals surface area contributed by atoms with Gasteiger partial charge in [0.15, 0.2) is 5.82 Å². The fraction of sp³-hybridized carbons (Fsp3) is 0.0588. The fourth-order valence-electron chi connectivity index (χ4n) is 2.30. The van der Waals surface area contributed by atoms with Crippen molar-refractivity contribution >= 4 is 27.7 Å². The second kappa shape index (κ2) is 5.73. The third-order valence-corrected chi connectivity index (χ3v) is 3.59. The number of rotatable bonds is 3. The van der Waals surface area contributed by atoms with Gasteiger partial charge >= 0.3 is 0 Å². The van der Waals surface area contributed by atoms with Gasteiger partial charge in [0.2, 0.25) is 0 Å². The Morgan fingerprint density at radius 1 is 1.18 bits per heavy atom. The van der Waals surface area contributed by atoms with Gasteiger partial charge in [-0.1, -0.05) is 30.3 Å². The van der Waals surface area contributed by atoms with Crippen LogP contribution in [-0.2, 0) is 0 Å². The number of benzene rings is 2. The van der Waals surface area contributed by atoms with Crippen molar-refractivity contribution in [2.45, 2.75) is 0 Å². The van der Waals surface area contributed by atoms with E-state index in [1.54, 1.807) is 12.1 Å². The molecule has 0 aliphatic rings. The van der Waals surface area contributed by atoms with Gasteiger partial charge in [-0.15, -0.1) is 0 Å². The molecule has 3 rings (SSSR count). The average Bonchev–Trinajstić information content (AvgIpc) is 2.55. The topological polar surface area (TPSA) is 39.2 Å². The Labute approximate surface area is 131 Å². The molecular formula is C17H11ClFNO2. The van der Waals surface area contributed by atoms with Crippen molar-refractivity contribution in [3.05, 3.63) is 59.9 Å². The maximum Gasteiger partial charge on any atom is 0.255 e. The van der Waals surface area contributed by atoms with Crippen molar-refractivity contribution in [2.75, 3.05) is 7.11 Å². The molecule has 0 N–H and O–H groups in total. The van der Waals surface area contributed by atoms with E-state index in [0.717, 1.165) is 5.56 Å². The number of hydrogen-bond acceptors (Lipinski definition) is 3. The summed E-state index contributed by atoms with van der Waals surface area (Å²) in [6.07, 6.45) is 0. The van der Waals surface area contributed by atoms with Crippen LogP contribution in [-0.4, -0.2) is 17.3 Å². The van der Waals surface area contributed by atoms with Crippen LogP contribution >= 0.6 is 11.6 Å². The van der Waals surface area contributed by atoms with Gasteiger partial charge in [-0.05, 0) is 23.7 Å². The first-order chi connectivity index (χ1) is 10.6. The molecule has 110 valence electrons. The van der Waals surface area contributed by atoms with Gasteiger partial charge in [0.25, 0.3) is 5.24 Å². The molecule has 0 bridgehead atoms. The van der Waals surface area contributed by atoms with Gasteiger partial charge < -0.3 is 4.74 Å². The maximum atomic E-state index is 14.5. The zero-order valence-corrected chi connectivity index (χ0v) is 12.4. The van der Waals surface area contributed by atoms with Gasteiger partial charge in [0, 0.05) is 17.0 Å². The van der Waals surface area contributed by atoms with Gasteiger partial charge in [0.1, 0.15) is 11.3 Å². The van der Waals surface area contributed by atoms with E-state index in [-0.39, 0.29) is 11.1 Å². The minimum Gasteiger partial charge on any atom is -0.496 e. The van der Waals surface area contributed by atoms with Gasteiger partial charge in [-0.25, -0.2) is 9.37 Å². The van der Waals surface area contributed by atoms with Crippen molar-refractivity contribution in [3.63, 3.8) is 0 Å². The predicted octanol–water partition coefficient (Wildman–Crippen LogP) is 4.43. The molecule has 0 spiro atoms. The Balaban J connectivity index is 2.33. The van der Waals surface area contributed by atoms with Crippen LogP contribution in [0.3, 0.4) is 0 Å². The summed E-state index contributed by atoms with van der Waals surface area (Å²) in [4.78, 5) is 15.6. The minimum atomic E-state index is -0.856. The lowest BCUT2D eigenvalue weighted by molar-refractivity contribution is 0.107. The highest BCUT2D eigenvalue weighted by Crippen LogP contribution is 2.32. The van der Waals surface area contributed by atoms with Crippen LogP contribution in [0, 0.1) is 5.82 Å². The van der Waals surface area contributed by atoms with Crippen molar-refractivity contribution in [1.29, 1.82) is 0 Å². The van der Waals surface area contributed by atoms with Crippen molar-refractivity contribution in [3.8, 4) is 17.0 Å². The lowest BCUT2D eigenvalue weighted by atomic mass is 10.1. The summed E-state index contributed by atoms with van der Waals surface area (Å²) in [5.41, 5.74) is 1.24. The molecule has 22 heavy (non-hydrogen) atoms. The first-order valence-electron chi connectivity index (χ1n) is 6.54. The average molecular weight is 316 g/mol. The van der Waals surface area contributed by atoms with Crippen LogP contribution in [0.2, 0.25) is 0 Å². The van der Waals surface area contributed by atoms with Crippen LogP contribution in [0.1, 0.15) is 10.4 Å². The van der Waals surface area contributed by atoms with Crippen LogP contribution in [0.25, 0.3) is 22.2 Å². The van der Waals surface area contributed by atoms with E-state index in [1.807, 2.05) is 30.3 Å². The van der Waals surface area contributed by atoms with Crippen LogP contribution in [0.15, 0.2) is 48.5 Å². The Hall–Kier alpha value is -2.46. The number of carbonyl (C=O) groups is 1. The summed E-state index contributed by atoms with van der Waals surface area (Å²) in [6.45, 7) is 0. The molecule has 0 aliphatic carbocycles. The molecule has 1 heterocycles. The van der Waals surface area contributed by atoms with Gasteiger partial charge in [-0.2, -0.15) is 0 Å². The van der Waals surface area contributed by atoms with E-state index in [9.17, 15) is 9.18 Å². The number of carbonyl (C=O) groups excluding carboxylic acids is 1. The lowest BCUT2D eigenvalue weighted by Gasteiger charge is -2.10. The lowest BCUT2D eigenvalue weighted by Crippen LogP contribution is -1.99. The first kappa shape index (κ1) is 14.5. The molecule has 0 aliphatic heterocycles. The number of aromatic nitrogens is 1. The van der Waals surface area contributed by atoms with E-state index in [2.05, 4.69) is 4.98 Å². The number of pyridine rings is 1. The quantitative estimate of drug-likeness (QED) is 0.671. The Bertz CT molecular complexity index is 865. The van der Waals surface area contributed by atoms with E-state index in [0.29, 0.717) is 16.8 Å². The molecule has 0 unspecified atom stereocenters. The third-order valence-electron chi connectivity index (χ3n) is 3.38. The Morgan fingerprint density at radius 2 is 1.91 bits per heavy atom. The van der Waals surface area contributed by atoms with Crippen LogP contribution in [0.5, 0.6) is 5.75 Å². The third kappa shape index (κ3) is 2.42. The largest absolute Gasteiger partial charge is 0.496 e. The molecule has 0 saturated carbocycles. The second-order valence-corrected chi connectivity index (χ2v) is 5.02. The number of fused-ring (bicyclic) bond motifs is 1. The number of halogens is 2. The number of hydrogen-bond donors (Lipinski definition) is 0. The molecule has 0 fully saturated rings. The molecule has 0 atom stereocenters. The number of methoxy groups -OCH3 is 1. The molecule has 3 nitrogen and oxygen atoms in total. The van der Waals surface area contributed by atoms with E-state index < -0.39 is 11.1 Å². The standard InChI is InChI=1S/C17H11ClFNO2/c1-22-14-9-13(10-5-3-2-4-6-10)20-16-11(14)7-8-12(15(16)19)17(18)21/h2-9H,1H3. The zero-order chi connectivity index (χ0) is 15.7. The summed E-state index contributed by atoms with van der Waals surface area (Å²) in [7, 11) is 1.50. The van der Waals surface area contributed by atoms with Crippen molar-refractivity contribution in [2.24, 2.45) is 0 Å². The minimum absolute atomic E-state index is 0.0599. The van der Waals surface area contributed by atoms with Crippen LogP contribution in [0.4, 0.5) is 4.39 Å². The van der Waals surface area contributed by atoms with E-state index in [1.165, 1.54) is 13.2 Å². The molecule has 1 aromatic heterocycles. The normalized spacial score (nSPS) is 10.7. The fourth-order valence-corrected chi connectivity index (χ4v) is 2.45. The van der Waals surface area contributed by atoms with Gasteiger partial charge in [-0.3, -0.25) is 4.79 Å². The van der Waals surface area contributed by atoms with Crippen LogP contribution < -0.4 is 4.74 Å². The van der Waals surface area contributed by atoms with E-state index >= 15 is 0 Å². The van der Waals surface area contributed by atoms with Gasteiger partial charge in [0.05, 0.1) is 18.4 Å².